The van der Waals surface area contributed by atoms with Crippen LogP contribution in [-0.4, -0.2) is 10.8 Å². The van der Waals surface area contributed by atoms with Crippen LogP contribution in [0.25, 0.3) is 0 Å². The summed E-state index contributed by atoms with van der Waals surface area (Å²) in [5, 5.41) is 4.41. The fourth-order valence-electron chi connectivity index (χ4n) is 1.84. The molecule has 0 aromatic heterocycles. The van der Waals surface area contributed by atoms with Crippen molar-refractivity contribution in [2.24, 2.45) is 10.8 Å². The molecule has 3 nitrogen and oxygen atoms in total. The van der Waals surface area contributed by atoms with Crippen molar-refractivity contribution in [1.29, 1.82) is 0 Å². The summed E-state index contributed by atoms with van der Waals surface area (Å²) in [4.78, 5) is 0. The van der Waals surface area contributed by atoms with E-state index in [1.165, 1.54) is 16.7 Å². The number of fused-ring (bicyclic) bond motifs is 1. The average Bonchev–Trinajstić information content (AvgIpc) is 2.57. The summed E-state index contributed by atoms with van der Waals surface area (Å²) in [7, 11) is 0. The van der Waals surface area contributed by atoms with Gasteiger partial charge in [0.2, 0.25) is 0 Å². The first-order valence-corrected chi connectivity index (χ1v) is 5.29. The van der Waals surface area contributed by atoms with Crippen molar-refractivity contribution < 1.29 is 0 Å². The maximum Gasteiger partial charge on any atom is 0.184 e. The first-order valence-electron chi connectivity index (χ1n) is 4.89. The molecule has 0 fully saturated rings. The van der Waals surface area contributed by atoms with Crippen LogP contribution in [0.15, 0.2) is 23.3 Å². The fraction of sp³-hybridized carbons (Fsp3) is 0.273. The number of aryl methyl sites for hydroxylation is 2. The number of thiocarbonyl (C=S) groups is 1. The molecule has 15 heavy (non-hydrogen) atoms. The second-order valence-corrected chi connectivity index (χ2v) is 4.13. The number of hydrazone groups is 1. The Balaban J connectivity index is 2.28. The topological polar surface area (TPSA) is 50.4 Å². The largest absolute Gasteiger partial charge is 0.375 e. The molecule has 1 aliphatic carbocycles. The van der Waals surface area contributed by atoms with Crippen molar-refractivity contribution in [2.45, 2.75) is 19.8 Å². The smallest absolute Gasteiger partial charge is 0.184 e. The monoisotopic (exact) mass is 219 g/mol. The van der Waals surface area contributed by atoms with E-state index in [4.69, 9.17) is 18.0 Å². The molecule has 0 bridgehead atoms. The molecule has 0 saturated heterocycles. The van der Waals surface area contributed by atoms with Crippen molar-refractivity contribution in [3.05, 3.63) is 34.9 Å². The predicted octanol–water partition coefficient (Wildman–Crippen LogP) is 1.48. The molecule has 0 heterocycles. The summed E-state index contributed by atoms with van der Waals surface area (Å²) in [6.45, 7) is 2.10. The van der Waals surface area contributed by atoms with E-state index >= 15 is 0 Å². The molecule has 4 heteroatoms. The highest BCUT2D eigenvalue weighted by Crippen LogP contribution is 2.23. The number of hydrogen-bond acceptors (Lipinski definition) is 2. The number of nitrogens with zero attached hydrogens (tertiary/aromatic N) is 1. The van der Waals surface area contributed by atoms with Crippen LogP contribution in [0.2, 0.25) is 0 Å². The van der Waals surface area contributed by atoms with Crippen LogP contribution < -0.4 is 11.2 Å². The van der Waals surface area contributed by atoms with Gasteiger partial charge in [0.25, 0.3) is 0 Å². The summed E-state index contributed by atoms with van der Waals surface area (Å²) >= 11 is 4.71. The van der Waals surface area contributed by atoms with Gasteiger partial charge >= 0.3 is 0 Å². The maximum atomic E-state index is 5.33. The lowest BCUT2D eigenvalue weighted by molar-refractivity contribution is 1.00. The zero-order valence-electron chi connectivity index (χ0n) is 8.58. The summed E-state index contributed by atoms with van der Waals surface area (Å²) in [5.74, 6) is 0. The van der Waals surface area contributed by atoms with Gasteiger partial charge in [-0.1, -0.05) is 23.8 Å². The van der Waals surface area contributed by atoms with Crippen molar-refractivity contribution in [2.75, 3.05) is 0 Å². The first kappa shape index (κ1) is 10.1. The third-order valence-corrected chi connectivity index (χ3v) is 2.60. The molecule has 1 aromatic rings. The number of benzene rings is 1. The Morgan fingerprint density at radius 3 is 3.00 bits per heavy atom. The maximum absolute atomic E-state index is 5.33. The lowest BCUT2D eigenvalue weighted by atomic mass is 10.1. The highest BCUT2D eigenvalue weighted by Gasteiger charge is 2.17. The molecular weight excluding hydrogens is 206 g/mol. The van der Waals surface area contributed by atoms with Crippen LogP contribution in [0.5, 0.6) is 0 Å². The minimum atomic E-state index is 0.211. The number of nitrogens with one attached hydrogen (secondary N) is 1. The standard InChI is InChI=1S/C11H13N3S/c1-7-2-4-9-8(6-7)3-5-10(9)13-14-11(12)15/h2,4,6H,3,5H2,1H3,(H3,12,14,15)/b13-10+. The molecule has 1 aromatic carbocycles. The highest BCUT2D eigenvalue weighted by atomic mass is 32.1. The summed E-state index contributed by atoms with van der Waals surface area (Å²) < 4.78 is 0. The lowest BCUT2D eigenvalue weighted by Crippen LogP contribution is -2.25. The van der Waals surface area contributed by atoms with Gasteiger partial charge in [0, 0.05) is 5.56 Å². The van der Waals surface area contributed by atoms with Crippen LogP contribution >= 0.6 is 12.2 Å². The zero-order valence-corrected chi connectivity index (χ0v) is 9.40. The highest BCUT2D eigenvalue weighted by molar-refractivity contribution is 7.80. The Morgan fingerprint density at radius 2 is 2.27 bits per heavy atom. The molecule has 0 amide bonds. The van der Waals surface area contributed by atoms with Crippen molar-refractivity contribution >= 4 is 23.0 Å². The van der Waals surface area contributed by atoms with Crippen molar-refractivity contribution in [1.82, 2.24) is 5.43 Å². The molecule has 3 N–H and O–H groups in total. The second-order valence-electron chi connectivity index (χ2n) is 3.70. The van der Waals surface area contributed by atoms with E-state index in [0.29, 0.717) is 0 Å². The average molecular weight is 219 g/mol. The predicted molar refractivity (Wildman–Crippen MR) is 66.0 cm³/mol. The van der Waals surface area contributed by atoms with Gasteiger partial charge in [0.15, 0.2) is 5.11 Å². The van der Waals surface area contributed by atoms with E-state index in [2.05, 4.69) is 35.7 Å². The van der Waals surface area contributed by atoms with Gasteiger partial charge in [0.1, 0.15) is 0 Å². The van der Waals surface area contributed by atoms with Gasteiger partial charge in [-0.2, -0.15) is 5.10 Å². The molecular formula is C11H13N3S. The van der Waals surface area contributed by atoms with Gasteiger partial charge < -0.3 is 5.73 Å². The number of rotatable bonds is 1. The summed E-state index contributed by atoms with van der Waals surface area (Å²) in [6, 6.07) is 6.41. The van der Waals surface area contributed by atoms with E-state index in [-0.39, 0.29) is 5.11 Å². The Kier molecular flexibility index (Phi) is 2.68. The quantitative estimate of drug-likeness (QED) is 0.555. The van der Waals surface area contributed by atoms with Crippen LogP contribution in [0, 0.1) is 6.92 Å². The Labute approximate surface area is 94.4 Å². The molecule has 78 valence electrons. The van der Waals surface area contributed by atoms with E-state index in [1.807, 2.05) is 0 Å². The lowest BCUT2D eigenvalue weighted by Gasteiger charge is -2.02. The molecule has 0 saturated carbocycles. The van der Waals surface area contributed by atoms with Gasteiger partial charge in [-0.15, -0.1) is 0 Å². The van der Waals surface area contributed by atoms with Gasteiger partial charge in [-0.25, -0.2) is 0 Å². The molecule has 0 spiro atoms. The van der Waals surface area contributed by atoms with Crippen molar-refractivity contribution in [3.8, 4) is 0 Å². The SMILES string of the molecule is Cc1ccc2c(c1)CC/C2=N\NC(N)=S. The van der Waals surface area contributed by atoms with E-state index < -0.39 is 0 Å². The van der Waals surface area contributed by atoms with Crippen LogP contribution in [-0.2, 0) is 6.42 Å². The van der Waals surface area contributed by atoms with Gasteiger partial charge in [0.05, 0.1) is 5.71 Å². The minimum Gasteiger partial charge on any atom is -0.375 e. The number of nitrogens with two attached hydrogens (primary N) is 1. The van der Waals surface area contributed by atoms with E-state index in [9.17, 15) is 0 Å². The number of hydrogen-bond donors (Lipinski definition) is 2. The summed E-state index contributed by atoms with van der Waals surface area (Å²) in [6.07, 6.45) is 2.00. The molecule has 2 rings (SSSR count). The fourth-order valence-corrected chi connectivity index (χ4v) is 1.88. The molecule has 0 atom stereocenters. The van der Waals surface area contributed by atoms with Gasteiger partial charge in [-0.05, 0) is 37.5 Å². The van der Waals surface area contributed by atoms with Gasteiger partial charge in [-0.3, -0.25) is 5.43 Å². The molecule has 0 aliphatic heterocycles. The molecule has 0 radical (unpaired) electrons. The Morgan fingerprint density at radius 1 is 1.47 bits per heavy atom. The van der Waals surface area contributed by atoms with Crippen LogP contribution in [0.3, 0.4) is 0 Å². The third-order valence-electron chi connectivity index (χ3n) is 2.50. The van der Waals surface area contributed by atoms with E-state index in [1.54, 1.807) is 0 Å². The molecule has 1 aliphatic rings. The third kappa shape index (κ3) is 2.15. The zero-order chi connectivity index (χ0) is 10.8. The molecule has 0 unspecified atom stereocenters. The van der Waals surface area contributed by atoms with E-state index in [0.717, 1.165) is 18.6 Å². The van der Waals surface area contributed by atoms with Crippen LogP contribution in [0.4, 0.5) is 0 Å². The Hall–Kier alpha value is -1.42. The van der Waals surface area contributed by atoms with Crippen LogP contribution in [0.1, 0.15) is 23.1 Å². The summed E-state index contributed by atoms with van der Waals surface area (Å²) in [5.41, 5.74) is 12.9. The van der Waals surface area contributed by atoms with Crippen molar-refractivity contribution in [3.63, 3.8) is 0 Å². The minimum absolute atomic E-state index is 0.211. The second kappa shape index (κ2) is 3.98. The first-order chi connectivity index (χ1) is 7.16. The normalized spacial score (nSPS) is 16.5. The Bertz CT molecular complexity index is 437.